The van der Waals surface area contributed by atoms with Gasteiger partial charge >= 0.3 is 0 Å². The van der Waals surface area contributed by atoms with Crippen LogP contribution in [0.3, 0.4) is 0 Å². The van der Waals surface area contributed by atoms with Gasteiger partial charge in [-0.25, -0.2) is 0 Å². The SMILES string of the molecule is COC1OC(C[N+](C)(C)C)C(C)C(O)C1O. The highest BCUT2D eigenvalue weighted by atomic mass is 16.7. The minimum Gasteiger partial charge on any atom is -0.390 e. The highest BCUT2D eigenvalue weighted by Crippen LogP contribution is 2.27. The highest BCUT2D eigenvalue weighted by Gasteiger charge is 2.44. The second kappa shape index (κ2) is 4.98. The monoisotopic (exact) mass is 234 g/mol. The van der Waals surface area contributed by atoms with Crippen LogP contribution in [0.4, 0.5) is 0 Å². The molecule has 0 aromatic heterocycles. The van der Waals surface area contributed by atoms with E-state index < -0.39 is 18.5 Å². The van der Waals surface area contributed by atoms with E-state index in [2.05, 4.69) is 21.1 Å². The molecule has 0 amide bonds. The van der Waals surface area contributed by atoms with E-state index in [0.717, 1.165) is 11.0 Å². The quantitative estimate of drug-likeness (QED) is 0.642. The number of hydrogen-bond acceptors (Lipinski definition) is 4. The number of methoxy groups -OCH3 is 1. The van der Waals surface area contributed by atoms with Crippen molar-refractivity contribution in [1.29, 1.82) is 0 Å². The van der Waals surface area contributed by atoms with Crippen molar-refractivity contribution in [3.05, 3.63) is 0 Å². The normalized spacial score (nSPS) is 41.1. The molecule has 1 fully saturated rings. The standard InChI is InChI=1S/C11H24NO4/c1-7-8(6-12(2,3)4)16-11(15-5)10(14)9(7)13/h7-11,13-14H,6H2,1-5H3/q+1. The third-order valence-corrected chi connectivity index (χ3v) is 3.02. The van der Waals surface area contributed by atoms with E-state index in [1.54, 1.807) is 0 Å². The molecule has 0 aliphatic carbocycles. The average molecular weight is 234 g/mol. The second-order valence-corrected chi connectivity index (χ2v) is 5.59. The zero-order valence-corrected chi connectivity index (χ0v) is 10.8. The largest absolute Gasteiger partial charge is 0.390 e. The van der Waals surface area contributed by atoms with Gasteiger partial charge in [0.25, 0.3) is 0 Å². The molecule has 1 aliphatic heterocycles. The van der Waals surface area contributed by atoms with Gasteiger partial charge in [-0.1, -0.05) is 6.92 Å². The van der Waals surface area contributed by atoms with Crippen LogP contribution in [-0.4, -0.2) is 74.1 Å². The van der Waals surface area contributed by atoms with Gasteiger partial charge < -0.3 is 24.2 Å². The average Bonchev–Trinajstić information content (AvgIpc) is 2.17. The summed E-state index contributed by atoms with van der Waals surface area (Å²) in [6.45, 7) is 2.66. The zero-order valence-electron chi connectivity index (χ0n) is 10.8. The second-order valence-electron chi connectivity index (χ2n) is 5.59. The Hall–Kier alpha value is -0.200. The maximum absolute atomic E-state index is 9.90. The summed E-state index contributed by atoms with van der Waals surface area (Å²) < 4.78 is 11.4. The van der Waals surface area contributed by atoms with E-state index in [4.69, 9.17) is 9.47 Å². The van der Waals surface area contributed by atoms with E-state index in [9.17, 15) is 10.2 Å². The first-order valence-corrected chi connectivity index (χ1v) is 5.61. The maximum atomic E-state index is 9.90. The van der Waals surface area contributed by atoms with Crippen LogP contribution in [0.2, 0.25) is 0 Å². The van der Waals surface area contributed by atoms with Crippen molar-refractivity contribution in [2.75, 3.05) is 34.8 Å². The predicted molar refractivity (Wildman–Crippen MR) is 59.7 cm³/mol. The molecule has 1 rings (SSSR count). The maximum Gasteiger partial charge on any atom is 0.186 e. The Morgan fingerprint density at radius 1 is 1.19 bits per heavy atom. The Morgan fingerprint density at radius 3 is 2.19 bits per heavy atom. The first-order chi connectivity index (χ1) is 7.26. The van der Waals surface area contributed by atoms with Gasteiger partial charge in [0, 0.05) is 13.0 Å². The molecule has 96 valence electrons. The summed E-state index contributed by atoms with van der Waals surface area (Å²) in [6, 6.07) is 0. The van der Waals surface area contributed by atoms with Crippen LogP contribution in [0.5, 0.6) is 0 Å². The minimum absolute atomic E-state index is 0.0984. The number of ether oxygens (including phenoxy) is 2. The van der Waals surface area contributed by atoms with Crippen LogP contribution >= 0.6 is 0 Å². The third kappa shape index (κ3) is 3.15. The number of nitrogens with zero attached hydrogens (tertiary/aromatic N) is 1. The highest BCUT2D eigenvalue weighted by molar-refractivity contribution is 4.86. The Balaban J connectivity index is 2.71. The molecule has 2 N–H and O–H groups in total. The molecule has 0 spiro atoms. The molecule has 1 saturated heterocycles. The molecule has 5 unspecified atom stereocenters. The Kier molecular flexibility index (Phi) is 4.31. The molecule has 0 radical (unpaired) electrons. The smallest absolute Gasteiger partial charge is 0.186 e. The van der Waals surface area contributed by atoms with Gasteiger partial charge in [0.1, 0.15) is 18.8 Å². The zero-order chi connectivity index (χ0) is 12.5. The summed E-state index contributed by atoms with van der Waals surface area (Å²) in [7, 11) is 7.67. The van der Waals surface area contributed by atoms with Gasteiger partial charge in [0.05, 0.1) is 27.2 Å². The van der Waals surface area contributed by atoms with Crippen molar-refractivity contribution in [2.24, 2.45) is 5.92 Å². The topological polar surface area (TPSA) is 58.9 Å². The fraction of sp³-hybridized carbons (Fsp3) is 1.00. The van der Waals surface area contributed by atoms with Gasteiger partial charge in [-0.05, 0) is 0 Å². The Bertz CT molecular complexity index is 227. The van der Waals surface area contributed by atoms with Crippen LogP contribution in [0, 0.1) is 5.92 Å². The fourth-order valence-electron chi connectivity index (χ4n) is 2.01. The van der Waals surface area contributed by atoms with Gasteiger partial charge in [-0.3, -0.25) is 0 Å². The van der Waals surface area contributed by atoms with Crippen molar-refractivity contribution >= 4 is 0 Å². The molecule has 0 aromatic rings. The number of quaternary nitrogens is 1. The first kappa shape index (κ1) is 13.9. The van der Waals surface area contributed by atoms with E-state index in [1.165, 1.54) is 7.11 Å². The Labute approximate surface area is 97.2 Å². The van der Waals surface area contributed by atoms with E-state index in [1.807, 2.05) is 6.92 Å². The van der Waals surface area contributed by atoms with Crippen molar-refractivity contribution in [3.63, 3.8) is 0 Å². The lowest BCUT2D eigenvalue weighted by molar-refractivity contribution is -0.874. The molecule has 16 heavy (non-hydrogen) atoms. The van der Waals surface area contributed by atoms with E-state index in [0.29, 0.717) is 0 Å². The van der Waals surface area contributed by atoms with Gasteiger partial charge in [0.2, 0.25) is 0 Å². The minimum atomic E-state index is -0.969. The van der Waals surface area contributed by atoms with Crippen LogP contribution in [0.15, 0.2) is 0 Å². The molecule has 0 aromatic carbocycles. The molecule has 5 heteroatoms. The van der Waals surface area contributed by atoms with Crippen LogP contribution in [-0.2, 0) is 9.47 Å². The summed E-state index contributed by atoms with van der Waals surface area (Å²) in [4.78, 5) is 0. The lowest BCUT2D eigenvalue weighted by atomic mass is 9.90. The molecule has 5 atom stereocenters. The molecule has 1 aliphatic rings. The first-order valence-electron chi connectivity index (χ1n) is 5.61. The lowest BCUT2D eigenvalue weighted by Crippen LogP contribution is -2.58. The molecule has 0 saturated carbocycles. The predicted octanol–water partition coefficient (Wildman–Crippen LogP) is -0.578. The number of aliphatic hydroxyl groups is 2. The van der Waals surface area contributed by atoms with Crippen molar-refractivity contribution < 1.29 is 24.2 Å². The molecule has 1 heterocycles. The van der Waals surface area contributed by atoms with Gasteiger partial charge in [-0.15, -0.1) is 0 Å². The lowest BCUT2D eigenvalue weighted by Gasteiger charge is -2.42. The third-order valence-electron chi connectivity index (χ3n) is 3.02. The van der Waals surface area contributed by atoms with Crippen molar-refractivity contribution in [2.45, 2.75) is 31.5 Å². The Morgan fingerprint density at radius 2 is 1.75 bits per heavy atom. The summed E-state index contributed by atoms with van der Waals surface area (Å²) >= 11 is 0. The molecular weight excluding hydrogens is 210 g/mol. The van der Waals surface area contributed by atoms with Crippen molar-refractivity contribution in [3.8, 4) is 0 Å². The summed E-state index contributed by atoms with van der Waals surface area (Å²) in [5, 5.41) is 19.6. The van der Waals surface area contributed by atoms with Crippen LogP contribution in [0.25, 0.3) is 0 Å². The number of aliphatic hydroxyl groups excluding tert-OH is 2. The summed E-state index contributed by atoms with van der Waals surface area (Å²) in [5.74, 6) is -0.0984. The van der Waals surface area contributed by atoms with Gasteiger partial charge in [0.15, 0.2) is 6.29 Å². The molecule has 0 bridgehead atoms. The molecular formula is C11H24NO4+. The molecule has 5 nitrogen and oxygen atoms in total. The number of likely N-dealkylation sites (N-methyl/N-ethyl adjacent to an activating group) is 1. The number of rotatable bonds is 3. The summed E-state index contributed by atoms with van der Waals surface area (Å²) in [6.07, 6.45) is -2.61. The van der Waals surface area contributed by atoms with Crippen LogP contribution in [0.1, 0.15) is 6.92 Å². The van der Waals surface area contributed by atoms with Crippen molar-refractivity contribution in [1.82, 2.24) is 0 Å². The number of hydrogen-bond donors (Lipinski definition) is 2. The van der Waals surface area contributed by atoms with E-state index in [-0.39, 0.29) is 12.0 Å². The summed E-state index contributed by atoms with van der Waals surface area (Å²) in [5.41, 5.74) is 0. The van der Waals surface area contributed by atoms with Gasteiger partial charge in [-0.2, -0.15) is 0 Å². The van der Waals surface area contributed by atoms with Crippen LogP contribution < -0.4 is 0 Å². The fourth-order valence-corrected chi connectivity index (χ4v) is 2.01. The van der Waals surface area contributed by atoms with E-state index >= 15 is 0 Å².